The highest BCUT2D eigenvalue weighted by molar-refractivity contribution is 5.96. The van der Waals surface area contributed by atoms with Crippen LogP contribution in [0.5, 0.6) is 0 Å². The van der Waals surface area contributed by atoms with Crippen LogP contribution in [-0.4, -0.2) is 27.6 Å². The third kappa shape index (κ3) is 3.46. The summed E-state index contributed by atoms with van der Waals surface area (Å²) in [6, 6.07) is 0.280. The quantitative estimate of drug-likeness (QED) is 0.861. The lowest BCUT2D eigenvalue weighted by Crippen LogP contribution is -2.49. The predicted octanol–water partition coefficient (Wildman–Crippen LogP) is 0.923. The Kier molecular flexibility index (Phi) is 4.37. The molecule has 0 spiro atoms. The zero-order valence-electron chi connectivity index (χ0n) is 12.4. The van der Waals surface area contributed by atoms with Gasteiger partial charge in [-0.1, -0.05) is 20.8 Å². The molecule has 0 bridgehead atoms. The third-order valence-electron chi connectivity index (χ3n) is 3.12. The number of carboxylic acids is 1. The second-order valence-corrected chi connectivity index (χ2v) is 5.91. The first kappa shape index (κ1) is 15.9. The van der Waals surface area contributed by atoms with E-state index < -0.39 is 28.8 Å². The van der Waals surface area contributed by atoms with Crippen molar-refractivity contribution in [3.63, 3.8) is 0 Å². The van der Waals surface area contributed by atoms with Crippen molar-refractivity contribution < 1.29 is 14.7 Å². The molecule has 0 saturated carbocycles. The number of nitrogens with one attached hydrogen (secondary N) is 1. The molecule has 6 heteroatoms. The van der Waals surface area contributed by atoms with Crippen LogP contribution in [-0.2, 0) is 11.8 Å². The number of aromatic nitrogens is 1. The Hall–Kier alpha value is -2.11. The summed E-state index contributed by atoms with van der Waals surface area (Å²) in [5.74, 6) is -1.80. The minimum Gasteiger partial charge on any atom is -0.480 e. The molecule has 1 aromatic heterocycles. The van der Waals surface area contributed by atoms with Gasteiger partial charge in [-0.05, 0) is 12.3 Å². The van der Waals surface area contributed by atoms with Gasteiger partial charge < -0.3 is 15.0 Å². The lowest BCUT2D eigenvalue weighted by Gasteiger charge is -2.27. The van der Waals surface area contributed by atoms with Crippen molar-refractivity contribution in [1.29, 1.82) is 0 Å². The molecule has 2 N–H and O–H groups in total. The molecule has 0 saturated heterocycles. The highest BCUT2D eigenvalue weighted by Gasteiger charge is 2.33. The maximum Gasteiger partial charge on any atom is 0.326 e. The monoisotopic (exact) mass is 280 g/mol. The Balaban J connectivity index is 3.11. The van der Waals surface area contributed by atoms with E-state index in [1.165, 1.54) is 12.3 Å². The first-order chi connectivity index (χ1) is 9.04. The molecule has 1 atom stereocenters. The van der Waals surface area contributed by atoms with Gasteiger partial charge in [-0.25, -0.2) is 4.79 Å². The summed E-state index contributed by atoms with van der Waals surface area (Å²) in [7, 11) is 1.71. The van der Waals surface area contributed by atoms with E-state index in [2.05, 4.69) is 5.32 Å². The second-order valence-electron chi connectivity index (χ2n) is 5.91. The molecule has 1 aromatic rings. The van der Waals surface area contributed by atoms with Crippen molar-refractivity contribution in [3.05, 3.63) is 33.7 Å². The highest BCUT2D eigenvalue weighted by Crippen LogP contribution is 2.19. The number of amides is 1. The third-order valence-corrected chi connectivity index (χ3v) is 3.12. The van der Waals surface area contributed by atoms with Gasteiger partial charge in [0, 0.05) is 25.0 Å². The lowest BCUT2D eigenvalue weighted by atomic mass is 9.86. The van der Waals surface area contributed by atoms with Crippen LogP contribution in [0.15, 0.2) is 17.1 Å². The molecule has 110 valence electrons. The molecule has 0 aliphatic carbocycles. The van der Waals surface area contributed by atoms with Crippen molar-refractivity contribution in [2.75, 3.05) is 0 Å². The van der Waals surface area contributed by atoms with Crippen LogP contribution < -0.4 is 10.7 Å². The standard InChI is InChI=1S/C14H20N2O4/c1-8-6-10(17)9(7-16(8)5)12(18)15-11(13(19)20)14(2,3)4/h6-7,11H,1-5H3,(H,15,18)(H,19,20)/t11-/m1/s1. The normalized spacial score (nSPS) is 12.8. The van der Waals surface area contributed by atoms with Gasteiger partial charge in [0.1, 0.15) is 11.6 Å². The van der Waals surface area contributed by atoms with Crippen molar-refractivity contribution in [2.24, 2.45) is 12.5 Å². The number of carboxylic acid groups (broad SMARTS) is 1. The van der Waals surface area contributed by atoms with Crippen LogP contribution in [0.1, 0.15) is 36.8 Å². The molecule has 0 aromatic carbocycles. The average molecular weight is 280 g/mol. The number of rotatable bonds is 3. The summed E-state index contributed by atoms with van der Waals surface area (Å²) in [4.78, 5) is 35.1. The zero-order chi connectivity index (χ0) is 15.7. The van der Waals surface area contributed by atoms with Gasteiger partial charge in [0.25, 0.3) is 5.91 Å². The summed E-state index contributed by atoms with van der Waals surface area (Å²) in [5.41, 5.74) is -0.417. The number of nitrogens with zero attached hydrogens (tertiary/aromatic N) is 1. The van der Waals surface area contributed by atoms with E-state index in [4.69, 9.17) is 0 Å². The SMILES string of the molecule is Cc1cc(=O)c(C(=O)N[C@H](C(=O)O)C(C)(C)C)cn1C. The molecule has 1 rings (SSSR count). The predicted molar refractivity (Wildman–Crippen MR) is 74.8 cm³/mol. The van der Waals surface area contributed by atoms with E-state index in [-0.39, 0.29) is 5.56 Å². The van der Waals surface area contributed by atoms with Gasteiger partial charge in [-0.15, -0.1) is 0 Å². The molecule has 0 unspecified atom stereocenters. The van der Waals surface area contributed by atoms with E-state index in [0.717, 1.165) is 5.69 Å². The van der Waals surface area contributed by atoms with Crippen molar-refractivity contribution in [2.45, 2.75) is 33.7 Å². The van der Waals surface area contributed by atoms with E-state index in [1.54, 1.807) is 39.3 Å². The Labute approximate surface area is 117 Å². The van der Waals surface area contributed by atoms with Crippen molar-refractivity contribution in [1.82, 2.24) is 9.88 Å². The minimum absolute atomic E-state index is 0.0615. The summed E-state index contributed by atoms with van der Waals surface area (Å²) >= 11 is 0. The molecule has 1 heterocycles. The van der Waals surface area contributed by atoms with Crippen molar-refractivity contribution in [3.8, 4) is 0 Å². The lowest BCUT2D eigenvalue weighted by molar-refractivity contribution is -0.142. The maximum absolute atomic E-state index is 12.1. The topological polar surface area (TPSA) is 88.4 Å². The second kappa shape index (κ2) is 5.48. The van der Waals surface area contributed by atoms with Crippen LogP contribution in [0.2, 0.25) is 0 Å². The summed E-state index contributed by atoms with van der Waals surface area (Å²) in [6.07, 6.45) is 1.41. The van der Waals surface area contributed by atoms with E-state index in [9.17, 15) is 19.5 Å². The van der Waals surface area contributed by atoms with Crippen LogP contribution in [0.4, 0.5) is 0 Å². The first-order valence-corrected chi connectivity index (χ1v) is 6.25. The molecule has 6 nitrogen and oxygen atoms in total. The molecule has 1 amide bonds. The fourth-order valence-corrected chi connectivity index (χ4v) is 1.76. The number of carbonyl (C=O) groups excluding carboxylic acids is 1. The zero-order valence-corrected chi connectivity index (χ0v) is 12.4. The first-order valence-electron chi connectivity index (χ1n) is 6.25. The van der Waals surface area contributed by atoms with Gasteiger partial charge in [-0.2, -0.15) is 0 Å². The Morgan fingerprint density at radius 3 is 2.35 bits per heavy atom. The van der Waals surface area contributed by atoms with Gasteiger partial charge in [0.05, 0.1) is 0 Å². The molecule has 0 aliphatic rings. The average Bonchev–Trinajstić information content (AvgIpc) is 2.28. The number of hydrogen-bond donors (Lipinski definition) is 2. The van der Waals surface area contributed by atoms with Crippen LogP contribution >= 0.6 is 0 Å². The largest absolute Gasteiger partial charge is 0.480 e. The Morgan fingerprint density at radius 1 is 1.35 bits per heavy atom. The Morgan fingerprint density at radius 2 is 1.90 bits per heavy atom. The smallest absolute Gasteiger partial charge is 0.326 e. The number of carbonyl (C=O) groups is 2. The van der Waals surface area contributed by atoms with E-state index >= 15 is 0 Å². The highest BCUT2D eigenvalue weighted by atomic mass is 16.4. The van der Waals surface area contributed by atoms with Crippen LogP contribution in [0.25, 0.3) is 0 Å². The summed E-state index contributed by atoms with van der Waals surface area (Å²) in [5, 5.41) is 11.6. The summed E-state index contributed by atoms with van der Waals surface area (Å²) < 4.78 is 1.64. The number of aliphatic carboxylic acids is 1. The summed E-state index contributed by atoms with van der Waals surface area (Å²) in [6.45, 7) is 6.87. The molecular formula is C14H20N2O4. The molecule has 20 heavy (non-hydrogen) atoms. The minimum atomic E-state index is -1.13. The van der Waals surface area contributed by atoms with Crippen molar-refractivity contribution >= 4 is 11.9 Å². The molecular weight excluding hydrogens is 260 g/mol. The maximum atomic E-state index is 12.1. The van der Waals surface area contributed by atoms with Gasteiger partial charge >= 0.3 is 5.97 Å². The fraction of sp³-hybridized carbons (Fsp3) is 0.500. The van der Waals surface area contributed by atoms with Gasteiger partial charge in [0.15, 0.2) is 5.43 Å². The van der Waals surface area contributed by atoms with Gasteiger partial charge in [-0.3, -0.25) is 9.59 Å². The molecule has 0 fully saturated rings. The Bertz CT molecular complexity index is 596. The molecule has 0 radical (unpaired) electrons. The van der Waals surface area contributed by atoms with E-state index in [1.807, 2.05) is 0 Å². The van der Waals surface area contributed by atoms with Crippen LogP contribution in [0.3, 0.4) is 0 Å². The fourth-order valence-electron chi connectivity index (χ4n) is 1.76. The van der Waals surface area contributed by atoms with Crippen LogP contribution in [0, 0.1) is 12.3 Å². The molecule has 0 aliphatic heterocycles. The van der Waals surface area contributed by atoms with E-state index in [0.29, 0.717) is 0 Å². The number of aryl methyl sites for hydroxylation is 2. The number of pyridine rings is 1. The number of hydrogen-bond acceptors (Lipinski definition) is 3. The van der Waals surface area contributed by atoms with Gasteiger partial charge in [0.2, 0.25) is 0 Å².